The SMILES string of the molecule is CN=C1CCC2C(C)CCCC2N1C(C)C. The van der Waals surface area contributed by atoms with E-state index in [-0.39, 0.29) is 0 Å². The van der Waals surface area contributed by atoms with Crippen LogP contribution in [0.2, 0.25) is 0 Å². The zero-order valence-corrected chi connectivity index (χ0v) is 11.2. The Balaban J connectivity index is 2.22. The van der Waals surface area contributed by atoms with E-state index in [1.54, 1.807) is 0 Å². The van der Waals surface area contributed by atoms with E-state index in [0.717, 1.165) is 17.9 Å². The maximum atomic E-state index is 4.51. The highest BCUT2D eigenvalue weighted by atomic mass is 15.2. The molecule has 0 aromatic heterocycles. The monoisotopic (exact) mass is 222 g/mol. The number of rotatable bonds is 1. The zero-order valence-electron chi connectivity index (χ0n) is 11.2. The average Bonchev–Trinajstić information content (AvgIpc) is 2.27. The highest BCUT2D eigenvalue weighted by molar-refractivity contribution is 5.83. The first kappa shape index (κ1) is 11.9. The van der Waals surface area contributed by atoms with Crippen molar-refractivity contribution in [1.29, 1.82) is 0 Å². The minimum atomic E-state index is 0.608. The maximum absolute atomic E-state index is 4.51. The lowest BCUT2D eigenvalue weighted by Crippen LogP contribution is -2.54. The molecule has 0 spiro atoms. The van der Waals surface area contributed by atoms with Gasteiger partial charge in [0.2, 0.25) is 0 Å². The van der Waals surface area contributed by atoms with Crippen molar-refractivity contribution in [3.63, 3.8) is 0 Å². The van der Waals surface area contributed by atoms with Crippen LogP contribution < -0.4 is 0 Å². The molecule has 3 atom stereocenters. The number of piperidine rings is 1. The van der Waals surface area contributed by atoms with Crippen LogP contribution in [0.15, 0.2) is 4.99 Å². The third kappa shape index (κ3) is 1.99. The molecule has 3 unspecified atom stereocenters. The smallest absolute Gasteiger partial charge is 0.0990 e. The van der Waals surface area contributed by atoms with Crippen molar-refractivity contribution < 1.29 is 0 Å². The Kier molecular flexibility index (Phi) is 3.56. The van der Waals surface area contributed by atoms with Crippen molar-refractivity contribution in [2.45, 2.75) is 65.0 Å². The lowest BCUT2D eigenvalue weighted by Gasteiger charge is -2.50. The van der Waals surface area contributed by atoms with E-state index >= 15 is 0 Å². The Morgan fingerprint density at radius 2 is 2.00 bits per heavy atom. The Bertz CT molecular complexity index is 270. The number of fused-ring (bicyclic) bond motifs is 1. The van der Waals surface area contributed by atoms with E-state index in [1.807, 2.05) is 7.05 Å². The van der Waals surface area contributed by atoms with Gasteiger partial charge in [-0.3, -0.25) is 4.99 Å². The van der Waals surface area contributed by atoms with E-state index < -0.39 is 0 Å². The minimum absolute atomic E-state index is 0.608. The second kappa shape index (κ2) is 4.77. The molecule has 2 aliphatic rings. The third-order valence-corrected chi connectivity index (χ3v) is 4.56. The van der Waals surface area contributed by atoms with Crippen molar-refractivity contribution in [2.24, 2.45) is 16.8 Å². The molecule has 1 saturated heterocycles. The van der Waals surface area contributed by atoms with Gasteiger partial charge in [-0.15, -0.1) is 0 Å². The van der Waals surface area contributed by atoms with Gasteiger partial charge < -0.3 is 4.90 Å². The van der Waals surface area contributed by atoms with Crippen molar-refractivity contribution in [1.82, 2.24) is 4.90 Å². The molecular weight excluding hydrogens is 196 g/mol. The first-order chi connectivity index (χ1) is 7.65. The first-order valence-corrected chi connectivity index (χ1v) is 6.89. The summed E-state index contributed by atoms with van der Waals surface area (Å²) in [6, 6.07) is 1.38. The fourth-order valence-corrected chi connectivity index (χ4v) is 3.80. The number of amidine groups is 1. The van der Waals surface area contributed by atoms with Gasteiger partial charge in [-0.25, -0.2) is 0 Å². The average molecular weight is 222 g/mol. The number of likely N-dealkylation sites (tertiary alicyclic amines) is 1. The molecule has 0 N–H and O–H groups in total. The molecule has 0 bridgehead atoms. The van der Waals surface area contributed by atoms with Gasteiger partial charge in [0.15, 0.2) is 0 Å². The van der Waals surface area contributed by atoms with E-state index in [2.05, 4.69) is 30.7 Å². The highest BCUT2D eigenvalue weighted by Gasteiger charge is 2.39. The molecule has 1 aliphatic carbocycles. The molecular formula is C14H26N2. The largest absolute Gasteiger partial charge is 0.355 e. The fraction of sp³-hybridized carbons (Fsp3) is 0.929. The van der Waals surface area contributed by atoms with Gasteiger partial charge in [0.25, 0.3) is 0 Å². The Morgan fingerprint density at radius 1 is 1.25 bits per heavy atom. The summed E-state index contributed by atoms with van der Waals surface area (Å²) in [7, 11) is 1.96. The quantitative estimate of drug-likeness (QED) is 0.664. The first-order valence-electron chi connectivity index (χ1n) is 6.89. The molecule has 0 aromatic rings. The summed E-state index contributed by atoms with van der Waals surface area (Å²) in [6.45, 7) is 7.07. The summed E-state index contributed by atoms with van der Waals surface area (Å²) in [4.78, 5) is 7.12. The number of hydrogen-bond acceptors (Lipinski definition) is 1. The van der Waals surface area contributed by atoms with Crippen LogP contribution in [0.4, 0.5) is 0 Å². The summed E-state index contributed by atoms with van der Waals surface area (Å²) >= 11 is 0. The summed E-state index contributed by atoms with van der Waals surface area (Å²) < 4.78 is 0. The molecule has 2 nitrogen and oxygen atoms in total. The van der Waals surface area contributed by atoms with Crippen molar-refractivity contribution in [2.75, 3.05) is 7.05 Å². The van der Waals surface area contributed by atoms with Crippen LogP contribution in [0, 0.1) is 11.8 Å². The van der Waals surface area contributed by atoms with Gasteiger partial charge >= 0.3 is 0 Å². The van der Waals surface area contributed by atoms with E-state index in [9.17, 15) is 0 Å². The van der Waals surface area contributed by atoms with Gasteiger partial charge in [0.05, 0.1) is 5.84 Å². The Hall–Kier alpha value is -0.530. The second-order valence-electron chi connectivity index (χ2n) is 5.82. The Labute approximate surface area is 100 Å². The molecule has 1 saturated carbocycles. The van der Waals surface area contributed by atoms with Gasteiger partial charge in [0, 0.05) is 25.6 Å². The molecule has 2 fully saturated rings. The number of aliphatic imine (C=N–C) groups is 1. The van der Waals surface area contributed by atoms with Crippen LogP contribution in [-0.4, -0.2) is 29.9 Å². The second-order valence-corrected chi connectivity index (χ2v) is 5.82. The van der Waals surface area contributed by atoms with Gasteiger partial charge in [-0.2, -0.15) is 0 Å². The van der Waals surface area contributed by atoms with Crippen molar-refractivity contribution in [3.8, 4) is 0 Å². The molecule has 1 heterocycles. The van der Waals surface area contributed by atoms with Gasteiger partial charge in [-0.05, 0) is 38.5 Å². The molecule has 1 aliphatic heterocycles. The van der Waals surface area contributed by atoms with Crippen LogP contribution in [0.5, 0.6) is 0 Å². The molecule has 0 radical (unpaired) electrons. The van der Waals surface area contributed by atoms with Crippen LogP contribution in [0.1, 0.15) is 52.9 Å². The minimum Gasteiger partial charge on any atom is -0.355 e. The van der Waals surface area contributed by atoms with Crippen LogP contribution >= 0.6 is 0 Å². The van der Waals surface area contributed by atoms with Gasteiger partial charge in [-0.1, -0.05) is 19.8 Å². The Morgan fingerprint density at radius 3 is 2.62 bits per heavy atom. The number of nitrogens with zero attached hydrogens (tertiary/aromatic N) is 2. The van der Waals surface area contributed by atoms with E-state index in [0.29, 0.717) is 6.04 Å². The number of hydrogen-bond donors (Lipinski definition) is 0. The maximum Gasteiger partial charge on any atom is 0.0990 e. The third-order valence-electron chi connectivity index (χ3n) is 4.56. The predicted molar refractivity (Wildman–Crippen MR) is 69.9 cm³/mol. The van der Waals surface area contributed by atoms with Crippen molar-refractivity contribution >= 4 is 5.84 Å². The van der Waals surface area contributed by atoms with Crippen molar-refractivity contribution in [3.05, 3.63) is 0 Å². The zero-order chi connectivity index (χ0) is 11.7. The van der Waals surface area contributed by atoms with E-state index in [1.165, 1.54) is 37.9 Å². The van der Waals surface area contributed by atoms with Crippen LogP contribution in [0.25, 0.3) is 0 Å². The summed E-state index contributed by atoms with van der Waals surface area (Å²) in [6.07, 6.45) is 6.78. The standard InChI is InChI=1S/C14H26N2/c1-10(2)16-13-7-5-6-11(3)12(13)8-9-14(16)15-4/h10-13H,5-9H2,1-4H3. The lowest BCUT2D eigenvalue weighted by atomic mass is 9.71. The molecule has 2 heteroatoms. The van der Waals surface area contributed by atoms with Crippen LogP contribution in [-0.2, 0) is 0 Å². The summed E-state index contributed by atoms with van der Waals surface area (Å²) in [5, 5.41) is 0. The normalized spacial score (nSPS) is 37.9. The summed E-state index contributed by atoms with van der Waals surface area (Å²) in [5.41, 5.74) is 0. The van der Waals surface area contributed by atoms with Crippen LogP contribution in [0.3, 0.4) is 0 Å². The molecule has 92 valence electrons. The predicted octanol–water partition coefficient (Wildman–Crippen LogP) is 3.32. The lowest BCUT2D eigenvalue weighted by molar-refractivity contribution is 0.0784. The molecule has 2 rings (SSSR count). The molecule has 0 aromatic carbocycles. The van der Waals surface area contributed by atoms with E-state index in [4.69, 9.17) is 0 Å². The highest BCUT2D eigenvalue weighted by Crippen LogP contribution is 2.40. The topological polar surface area (TPSA) is 15.6 Å². The fourth-order valence-electron chi connectivity index (χ4n) is 3.80. The van der Waals surface area contributed by atoms with Gasteiger partial charge in [0.1, 0.15) is 0 Å². The molecule has 16 heavy (non-hydrogen) atoms. The molecule has 0 amide bonds. The summed E-state index contributed by atoms with van der Waals surface area (Å²) in [5.74, 6) is 3.19.